The predicted octanol–water partition coefficient (Wildman–Crippen LogP) is 2.49. The second-order valence-electron chi connectivity index (χ2n) is 5.24. The topological polar surface area (TPSA) is 29.3 Å². The first kappa shape index (κ1) is 11.0. The molecule has 1 aliphatic heterocycles. The molecule has 0 radical (unpaired) electrons. The lowest BCUT2D eigenvalue weighted by molar-refractivity contribution is 0.452. The van der Waals surface area contributed by atoms with Crippen LogP contribution >= 0.6 is 0 Å². The number of hydrogen-bond acceptors (Lipinski definition) is 2. The third kappa shape index (κ3) is 1.82. The van der Waals surface area contributed by atoms with E-state index in [1.807, 2.05) is 6.07 Å². The van der Waals surface area contributed by atoms with Gasteiger partial charge < -0.3 is 10.6 Å². The van der Waals surface area contributed by atoms with Crippen LogP contribution in [0.2, 0.25) is 0 Å². The molecule has 2 nitrogen and oxygen atoms in total. The monoisotopic (exact) mass is 234 g/mol. The zero-order valence-corrected chi connectivity index (χ0v) is 10.0. The Morgan fingerprint density at radius 2 is 2.24 bits per heavy atom. The lowest BCUT2D eigenvalue weighted by atomic mass is 9.83. The molecule has 2 aliphatic rings. The van der Waals surface area contributed by atoms with E-state index in [9.17, 15) is 4.39 Å². The number of halogens is 1. The molecule has 3 rings (SSSR count). The fraction of sp³-hybridized carbons (Fsp3) is 0.571. The van der Waals surface area contributed by atoms with Gasteiger partial charge in [-0.3, -0.25) is 0 Å². The van der Waals surface area contributed by atoms with Crippen molar-refractivity contribution in [2.24, 2.45) is 11.7 Å². The van der Waals surface area contributed by atoms with E-state index < -0.39 is 0 Å². The van der Waals surface area contributed by atoms with Crippen LogP contribution in [0, 0.1) is 11.7 Å². The van der Waals surface area contributed by atoms with Crippen molar-refractivity contribution in [3.05, 3.63) is 29.6 Å². The van der Waals surface area contributed by atoms with Gasteiger partial charge in [-0.25, -0.2) is 4.39 Å². The number of hydrogen-bond donors (Lipinski definition) is 1. The average Bonchev–Trinajstić information content (AvgIpc) is 2.77. The molecule has 1 saturated carbocycles. The molecule has 1 aromatic rings. The van der Waals surface area contributed by atoms with E-state index in [4.69, 9.17) is 5.73 Å². The standard InChI is InChI=1S/C14H19FN2/c15-11-4-5-14-13(8-11)12-3-1-2-10(12)9-17(14)7-6-16/h4-5,8,10,12H,1-3,6-7,9,16H2. The van der Waals surface area contributed by atoms with Gasteiger partial charge in [0.2, 0.25) is 0 Å². The van der Waals surface area contributed by atoms with E-state index in [0.717, 1.165) is 13.1 Å². The number of rotatable bonds is 2. The molecule has 92 valence electrons. The van der Waals surface area contributed by atoms with Gasteiger partial charge in [0.1, 0.15) is 5.82 Å². The van der Waals surface area contributed by atoms with Gasteiger partial charge >= 0.3 is 0 Å². The number of nitrogens with two attached hydrogens (primary N) is 1. The Balaban J connectivity index is 2.02. The Bertz CT molecular complexity index is 419. The van der Waals surface area contributed by atoms with Gasteiger partial charge in [0.15, 0.2) is 0 Å². The summed E-state index contributed by atoms with van der Waals surface area (Å²) in [5.41, 5.74) is 8.09. The summed E-state index contributed by atoms with van der Waals surface area (Å²) < 4.78 is 13.4. The molecule has 17 heavy (non-hydrogen) atoms. The second kappa shape index (κ2) is 4.30. The molecule has 0 bridgehead atoms. The molecule has 3 heteroatoms. The van der Waals surface area contributed by atoms with Crippen molar-refractivity contribution in [3.63, 3.8) is 0 Å². The number of benzene rings is 1. The fourth-order valence-electron chi connectivity index (χ4n) is 3.52. The third-order valence-corrected chi connectivity index (χ3v) is 4.24. The molecular formula is C14H19FN2. The minimum atomic E-state index is -0.107. The average molecular weight is 234 g/mol. The summed E-state index contributed by atoms with van der Waals surface area (Å²) in [6, 6.07) is 5.23. The molecule has 0 aromatic heterocycles. The van der Waals surface area contributed by atoms with Crippen molar-refractivity contribution in [2.45, 2.75) is 25.2 Å². The van der Waals surface area contributed by atoms with Crippen molar-refractivity contribution in [3.8, 4) is 0 Å². The predicted molar refractivity (Wildman–Crippen MR) is 67.7 cm³/mol. The Morgan fingerprint density at radius 1 is 1.35 bits per heavy atom. The van der Waals surface area contributed by atoms with Crippen LogP contribution in [0.1, 0.15) is 30.7 Å². The zero-order valence-electron chi connectivity index (χ0n) is 10.0. The van der Waals surface area contributed by atoms with Gasteiger partial charge in [-0.05, 0) is 48.4 Å². The minimum Gasteiger partial charge on any atom is -0.370 e. The lowest BCUT2D eigenvalue weighted by Gasteiger charge is -2.38. The van der Waals surface area contributed by atoms with Crippen molar-refractivity contribution in [2.75, 3.05) is 24.5 Å². The molecule has 0 spiro atoms. The highest BCUT2D eigenvalue weighted by Gasteiger charge is 2.36. The van der Waals surface area contributed by atoms with Crippen LogP contribution in [0.5, 0.6) is 0 Å². The third-order valence-electron chi connectivity index (χ3n) is 4.24. The van der Waals surface area contributed by atoms with Gasteiger partial charge in [-0.1, -0.05) is 6.42 Å². The normalized spacial score (nSPS) is 26.8. The van der Waals surface area contributed by atoms with Crippen molar-refractivity contribution >= 4 is 5.69 Å². The highest BCUT2D eigenvalue weighted by molar-refractivity contribution is 5.58. The minimum absolute atomic E-state index is 0.107. The van der Waals surface area contributed by atoms with Crippen LogP contribution in [0.15, 0.2) is 18.2 Å². The van der Waals surface area contributed by atoms with Gasteiger partial charge in [-0.2, -0.15) is 0 Å². The summed E-state index contributed by atoms with van der Waals surface area (Å²) in [7, 11) is 0. The van der Waals surface area contributed by atoms with E-state index in [2.05, 4.69) is 4.90 Å². The Hall–Kier alpha value is -1.09. The summed E-state index contributed by atoms with van der Waals surface area (Å²) in [5.74, 6) is 1.18. The highest BCUT2D eigenvalue weighted by atomic mass is 19.1. The summed E-state index contributed by atoms with van der Waals surface area (Å²) in [6.45, 7) is 2.64. The van der Waals surface area contributed by atoms with Crippen LogP contribution in [-0.2, 0) is 0 Å². The quantitative estimate of drug-likeness (QED) is 0.852. The van der Waals surface area contributed by atoms with Crippen molar-refractivity contribution in [1.29, 1.82) is 0 Å². The molecule has 0 saturated heterocycles. The molecular weight excluding hydrogens is 215 g/mol. The molecule has 1 aromatic carbocycles. The Labute approximate surface area is 102 Å². The van der Waals surface area contributed by atoms with Gasteiger partial charge in [0.25, 0.3) is 0 Å². The Kier molecular flexibility index (Phi) is 2.79. The smallest absolute Gasteiger partial charge is 0.123 e. The van der Waals surface area contributed by atoms with Crippen molar-refractivity contribution in [1.82, 2.24) is 0 Å². The maximum atomic E-state index is 13.4. The molecule has 1 aliphatic carbocycles. The number of nitrogens with zero attached hydrogens (tertiary/aromatic N) is 1. The van der Waals surface area contributed by atoms with Crippen LogP contribution in [0.3, 0.4) is 0 Å². The highest BCUT2D eigenvalue weighted by Crippen LogP contribution is 2.47. The fourth-order valence-corrected chi connectivity index (χ4v) is 3.52. The SMILES string of the molecule is NCCN1CC2CCCC2c2cc(F)ccc21. The first-order chi connectivity index (χ1) is 8.29. The molecule has 2 unspecified atom stereocenters. The summed E-state index contributed by atoms with van der Waals surface area (Å²) in [6.07, 6.45) is 3.78. The van der Waals surface area contributed by atoms with Gasteiger partial charge in [-0.15, -0.1) is 0 Å². The molecule has 2 atom stereocenters. The van der Waals surface area contributed by atoms with Crippen LogP contribution in [-0.4, -0.2) is 19.6 Å². The van der Waals surface area contributed by atoms with Crippen LogP contribution in [0.25, 0.3) is 0 Å². The lowest BCUT2D eigenvalue weighted by Crippen LogP contribution is -2.39. The molecule has 0 amide bonds. The Morgan fingerprint density at radius 3 is 3.06 bits per heavy atom. The molecule has 2 N–H and O–H groups in total. The van der Waals surface area contributed by atoms with Crippen LogP contribution in [0.4, 0.5) is 10.1 Å². The van der Waals surface area contributed by atoms with Gasteiger partial charge in [0, 0.05) is 25.3 Å². The number of fused-ring (bicyclic) bond motifs is 3. The maximum absolute atomic E-state index is 13.4. The second-order valence-corrected chi connectivity index (χ2v) is 5.24. The summed E-state index contributed by atoms with van der Waals surface area (Å²) in [5, 5.41) is 0. The van der Waals surface area contributed by atoms with E-state index in [0.29, 0.717) is 18.4 Å². The maximum Gasteiger partial charge on any atom is 0.123 e. The van der Waals surface area contributed by atoms with Gasteiger partial charge in [0.05, 0.1) is 0 Å². The zero-order chi connectivity index (χ0) is 11.8. The van der Waals surface area contributed by atoms with Crippen LogP contribution < -0.4 is 10.6 Å². The van der Waals surface area contributed by atoms with E-state index >= 15 is 0 Å². The molecule has 1 fully saturated rings. The van der Waals surface area contributed by atoms with Crippen molar-refractivity contribution < 1.29 is 4.39 Å². The number of anilines is 1. The first-order valence-corrected chi connectivity index (χ1v) is 6.54. The van der Waals surface area contributed by atoms with E-state index in [1.165, 1.54) is 30.5 Å². The largest absolute Gasteiger partial charge is 0.370 e. The summed E-state index contributed by atoms with van der Waals surface area (Å²) in [4.78, 5) is 2.33. The van der Waals surface area contributed by atoms with E-state index in [-0.39, 0.29) is 5.82 Å². The van der Waals surface area contributed by atoms with E-state index in [1.54, 1.807) is 12.1 Å². The molecule has 1 heterocycles. The first-order valence-electron chi connectivity index (χ1n) is 6.54. The summed E-state index contributed by atoms with van der Waals surface area (Å²) >= 11 is 0.